The predicted molar refractivity (Wildman–Crippen MR) is 78.7 cm³/mol. The van der Waals surface area contributed by atoms with Crippen LogP contribution in [0.15, 0.2) is 18.2 Å². The molecular formula is C14H18N4O3. The Morgan fingerprint density at radius 2 is 2.14 bits per heavy atom. The van der Waals surface area contributed by atoms with E-state index in [1.165, 1.54) is 7.05 Å². The highest BCUT2D eigenvalue weighted by molar-refractivity contribution is 6.07. The van der Waals surface area contributed by atoms with Crippen molar-refractivity contribution in [2.45, 2.75) is 19.4 Å². The van der Waals surface area contributed by atoms with Crippen molar-refractivity contribution in [2.24, 2.45) is 0 Å². The molecule has 1 aliphatic heterocycles. The van der Waals surface area contributed by atoms with Crippen LogP contribution in [0.25, 0.3) is 0 Å². The summed E-state index contributed by atoms with van der Waals surface area (Å²) < 4.78 is 0. The molecule has 4 N–H and O–H groups in total. The topological polar surface area (TPSA) is 105 Å². The van der Waals surface area contributed by atoms with Crippen LogP contribution < -0.4 is 16.4 Å². The quantitative estimate of drug-likeness (QED) is 0.542. The summed E-state index contributed by atoms with van der Waals surface area (Å²) in [6.07, 6.45) is 0.0835. The molecule has 21 heavy (non-hydrogen) atoms. The van der Waals surface area contributed by atoms with E-state index in [9.17, 15) is 14.4 Å². The zero-order chi connectivity index (χ0) is 15.6. The van der Waals surface area contributed by atoms with E-state index in [1.807, 2.05) is 6.92 Å². The molecule has 112 valence electrons. The van der Waals surface area contributed by atoms with Crippen molar-refractivity contribution >= 4 is 29.1 Å². The number of hydrogen-bond acceptors (Lipinski definition) is 5. The number of imide groups is 1. The second-order valence-corrected chi connectivity index (χ2v) is 4.85. The monoisotopic (exact) mass is 290 g/mol. The van der Waals surface area contributed by atoms with Crippen molar-refractivity contribution in [3.63, 3.8) is 0 Å². The summed E-state index contributed by atoms with van der Waals surface area (Å²) in [5.74, 6) is -0.759. The molecule has 0 aromatic heterocycles. The van der Waals surface area contributed by atoms with Crippen LogP contribution in [0, 0.1) is 0 Å². The molecule has 0 spiro atoms. The maximum absolute atomic E-state index is 11.9. The average molecular weight is 290 g/mol. The number of anilines is 2. The molecule has 2 rings (SSSR count). The van der Waals surface area contributed by atoms with Crippen molar-refractivity contribution in [1.82, 2.24) is 10.2 Å². The van der Waals surface area contributed by atoms with Gasteiger partial charge in [0.1, 0.15) is 6.04 Å². The Balaban J connectivity index is 2.20. The zero-order valence-electron chi connectivity index (χ0n) is 12.0. The summed E-state index contributed by atoms with van der Waals surface area (Å²) in [6.45, 7) is 2.35. The molecular weight excluding hydrogens is 272 g/mol. The van der Waals surface area contributed by atoms with Gasteiger partial charge in [-0.1, -0.05) is 0 Å². The number of likely N-dealkylation sites (tertiary alicyclic amines) is 1. The first kappa shape index (κ1) is 14.8. The van der Waals surface area contributed by atoms with Gasteiger partial charge in [0.05, 0.1) is 17.8 Å². The Bertz CT molecular complexity index is 600. The first-order valence-electron chi connectivity index (χ1n) is 6.68. The third kappa shape index (κ3) is 2.96. The number of amides is 3. The first-order chi connectivity index (χ1) is 9.93. The number of benzene rings is 1. The van der Waals surface area contributed by atoms with Crippen molar-refractivity contribution < 1.29 is 14.4 Å². The predicted octanol–water partition coefficient (Wildman–Crippen LogP) is 0.188. The van der Waals surface area contributed by atoms with Crippen LogP contribution in [0.2, 0.25) is 0 Å². The standard InChI is InChI=1S/C14H18N4O3/c1-3-16-13(20)8-4-5-9(15)10(6-8)17-11-7-12(19)18(2)14(11)21/h4-6,11,17H,3,7,15H2,1-2H3,(H,16,20). The van der Waals surface area contributed by atoms with Gasteiger partial charge in [0.25, 0.3) is 11.8 Å². The van der Waals surface area contributed by atoms with Crippen LogP contribution in [0.4, 0.5) is 11.4 Å². The maximum atomic E-state index is 11.9. The molecule has 1 aliphatic rings. The summed E-state index contributed by atoms with van der Waals surface area (Å²) in [7, 11) is 1.45. The van der Waals surface area contributed by atoms with Gasteiger partial charge in [-0.15, -0.1) is 0 Å². The lowest BCUT2D eigenvalue weighted by molar-refractivity contribution is -0.136. The highest BCUT2D eigenvalue weighted by Crippen LogP contribution is 2.24. The molecule has 1 aromatic carbocycles. The van der Waals surface area contributed by atoms with E-state index in [0.717, 1.165) is 4.90 Å². The second kappa shape index (κ2) is 5.82. The summed E-state index contributed by atoms with van der Waals surface area (Å²) >= 11 is 0. The summed E-state index contributed by atoms with van der Waals surface area (Å²) in [4.78, 5) is 36.3. The third-order valence-electron chi connectivity index (χ3n) is 3.36. The molecule has 1 heterocycles. The van der Waals surface area contributed by atoms with Crippen LogP contribution in [0.1, 0.15) is 23.7 Å². The Morgan fingerprint density at radius 3 is 2.71 bits per heavy atom. The lowest BCUT2D eigenvalue weighted by Gasteiger charge is -2.15. The molecule has 0 aliphatic carbocycles. The van der Waals surface area contributed by atoms with Crippen LogP contribution in [0.5, 0.6) is 0 Å². The highest BCUT2D eigenvalue weighted by atomic mass is 16.2. The molecule has 1 saturated heterocycles. The first-order valence-corrected chi connectivity index (χ1v) is 6.68. The molecule has 0 bridgehead atoms. The minimum Gasteiger partial charge on any atom is -0.397 e. The van der Waals surface area contributed by atoms with Gasteiger partial charge in [-0.05, 0) is 25.1 Å². The third-order valence-corrected chi connectivity index (χ3v) is 3.36. The van der Waals surface area contributed by atoms with Gasteiger partial charge in [-0.3, -0.25) is 19.3 Å². The Kier molecular flexibility index (Phi) is 4.11. The van der Waals surface area contributed by atoms with Crippen LogP contribution in [-0.2, 0) is 9.59 Å². The molecule has 7 nitrogen and oxygen atoms in total. The summed E-state index contributed by atoms with van der Waals surface area (Å²) in [6, 6.07) is 4.14. The summed E-state index contributed by atoms with van der Waals surface area (Å²) in [5.41, 5.74) is 7.18. The maximum Gasteiger partial charge on any atom is 0.251 e. The minimum atomic E-state index is -0.644. The highest BCUT2D eigenvalue weighted by Gasteiger charge is 2.36. The van der Waals surface area contributed by atoms with Crippen molar-refractivity contribution in [3.05, 3.63) is 23.8 Å². The van der Waals surface area contributed by atoms with E-state index in [4.69, 9.17) is 5.73 Å². The SMILES string of the molecule is CCNC(=O)c1ccc(N)c(NC2CC(=O)N(C)C2=O)c1. The largest absolute Gasteiger partial charge is 0.397 e. The lowest BCUT2D eigenvalue weighted by Crippen LogP contribution is -2.32. The van der Waals surface area contributed by atoms with E-state index in [1.54, 1.807) is 18.2 Å². The van der Waals surface area contributed by atoms with E-state index < -0.39 is 6.04 Å². The molecule has 0 radical (unpaired) electrons. The van der Waals surface area contributed by atoms with Gasteiger partial charge in [-0.2, -0.15) is 0 Å². The van der Waals surface area contributed by atoms with Gasteiger partial charge in [-0.25, -0.2) is 0 Å². The van der Waals surface area contributed by atoms with Gasteiger partial charge in [0.15, 0.2) is 0 Å². The fourth-order valence-corrected chi connectivity index (χ4v) is 2.14. The number of nitrogens with zero attached hydrogens (tertiary/aromatic N) is 1. The van der Waals surface area contributed by atoms with Gasteiger partial charge >= 0.3 is 0 Å². The fourth-order valence-electron chi connectivity index (χ4n) is 2.14. The van der Waals surface area contributed by atoms with E-state index in [2.05, 4.69) is 10.6 Å². The number of carbonyl (C=O) groups excluding carboxylic acids is 3. The van der Waals surface area contributed by atoms with Crippen molar-refractivity contribution in [1.29, 1.82) is 0 Å². The molecule has 1 unspecified atom stereocenters. The molecule has 1 fully saturated rings. The number of likely N-dealkylation sites (N-methyl/N-ethyl adjacent to an activating group) is 1. The molecule has 0 saturated carbocycles. The molecule has 7 heteroatoms. The second-order valence-electron chi connectivity index (χ2n) is 4.85. The number of nitrogens with two attached hydrogens (primary N) is 1. The normalized spacial score (nSPS) is 18.0. The number of nitrogen functional groups attached to an aromatic ring is 1. The Morgan fingerprint density at radius 1 is 1.43 bits per heavy atom. The molecule has 1 aromatic rings. The summed E-state index contributed by atoms with van der Waals surface area (Å²) in [5, 5.41) is 5.63. The number of nitrogens with one attached hydrogen (secondary N) is 2. The fraction of sp³-hybridized carbons (Fsp3) is 0.357. The number of hydrogen-bond donors (Lipinski definition) is 3. The van der Waals surface area contributed by atoms with Gasteiger partial charge in [0.2, 0.25) is 5.91 Å². The van der Waals surface area contributed by atoms with E-state index in [-0.39, 0.29) is 24.1 Å². The van der Waals surface area contributed by atoms with E-state index >= 15 is 0 Å². The molecule has 1 atom stereocenters. The van der Waals surface area contributed by atoms with E-state index in [0.29, 0.717) is 23.5 Å². The minimum absolute atomic E-state index is 0.0835. The zero-order valence-corrected chi connectivity index (χ0v) is 12.0. The lowest BCUT2D eigenvalue weighted by atomic mass is 10.1. The number of carbonyl (C=O) groups is 3. The van der Waals surface area contributed by atoms with Crippen LogP contribution >= 0.6 is 0 Å². The Hall–Kier alpha value is -2.57. The van der Waals surface area contributed by atoms with Crippen molar-refractivity contribution in [3.8, 4) is 0 Å². The van der Waals surface area contributed by atoms with Gasteiger partial charge in [0, 0.05) is 19.2 Å². The van der Waals surface area contributed by atoms with Crippen molar-refractivity contribution in [2.75, 3.05) is 24.6 Å². The van der Waals surface area contributed by atoms with Crippen LogP contribution in [0.3, 0.4) is 0 Å². The van der Waals surface area contributed by atoms with Gasteiger partial charge < -0.3 is 16.4 Å². The molecule has 3 amide bonds. The number of rotatable bonds is 4. The smallest absolute Gasteiger partial charge is 0.251 e. The Labute approximate surface area is 122 Å². The average Bonchev–Trinajstić information content (AvgIpc) is 2.69. The van der Waals surface area contributed by atoms with Crippen LogP contribution in [-0.4, -0.2) is 42.3 Å².